The van der Waals surface area contributed by atoms with E-state index in [-0.39, 0.29) is 0 Å². The molecule has 2 rings (SSSR count). The maximum atomic E-state index is 12.6. The van der Waals surface area contributed by atoms with Gasteiger partial charge in [0, 0.05) is 25.2 Å². The van der Waals surface area contributed by atoms with Crippen molar-refractivity contribution in [1.29, 1.82) is 0 Å². The van der Waals surface area contributed by atoms with E-state index < -0.39 is 10.0 Å². The predicted octanol–water partition coefficient (Wildman–Crippen LogP) is 1.46. The Kier molecular flexibility index (Phi) is 5.01. The standard InChI is InChI=1S/C14H22N2O3S/c1-3-19-13-5-4-6-14(11-13)20(17,18)16-9-7-12(15-2)8-10-16/h4-6,11-12,15H,3,7-10H2,1-2H3. The quantitative estimate of drug-likeness (QED) is 0.894. The lowest BCUT2D eigenvalue weighted by Gasteiger charge is -2.31. The zero-order valence-corrected chi connectivity index (χ0v) is 12.8. The average Bonchev–Trinajstić information content (AvgIpc) is 2.48. The normalized spacial score (nSPS) is 18.1. The lowest BCUT2D eigenvalue weighted by atomic mass is 10.1. The fourth-order valence-corrected chi connectivity index (χ4v) is 3.93. The van der Waals surface area contributed by atoms with E-state index in [9.17, 15) is 8.42 Å². The molecule has 1 aromatic rings. The van der Waals surface area contributed by atoms with E-state index in [2.05, 4.69) is 5.32 Å². The zero-order chi connectivity index (χ0) is 14.6. The molecule has 5 nitrogen and oxygen atoms in total. The number of hydrogen-bond acceptors (Lipinski definition) is 4. The summed E-state index contributed by atoms with van der Waals surface area (Å²) in [5.41, 5.74) is 0. The number of rotatable bonds is 5. The largest absolute Gasteiger partial charge is 0.494 e. The fraction of sp³-hybridized carbons (Fsp3) is 0.571. The summed E-state index contributed by atoms with van der Waals surface area (Å²) in [6.45, 7) is 3.53. The topological polar surface area (TPSA) is 58.6 Å². The van der Waals surface area contributed by atoms with Crippen molar-refractivity contribution in [2.45, 2.75) is 30.7 Å². The minimum atomic E-state index is -3.41. The average molecular weight is 298 g/mol. The Balaban J connectivity index is 2.16. The Hall–Kier alpha value is -1.11. The number of nitrogens with zero attached hydrogens (tertiary/aromatic N) is 1. The van der Waals surface area contributed by atoms with Gasteiger partial charge in [-0.2, -0.15) is 4.31 Å². The molecule has 1 N–H and O–H groups in total. The number of benzene rings is 1. The smallest absolute Gasteiger partial charge is 0.243 e. The Morgan fingerprint density at radius 1 is 1.35 bits per heavy atom. The van der Waals surface area contributed by atoms with Crippen LogP contribution in [0.15, 0.2) is 29.2 Å². The first-order valence-electron chi connectivity index (χ1n) is 6.98. The molecule has 1 saturated heterocycles. The molecule has 0 atom stereocenters. The summed E-state index contributed by atoms with van der Waals surface area (Å²) in [4.78, 5) is 0.311. The highest BCUT2D eigenvalue weighted by Gasteiger charge is 2.28. The summed E-state index contributed by atoms with van der Waals surface area (Å²) in [6.07, 6.45) is 1.70. The highest BCUT2D eigenvalue weighted by Crippen LogP contribution is 2.23. The predicted molar refractivity (Wildman–Crippen MR) is 78.5 cm³/mol. The molecule has 0 spiro atoms. The van der Waals surface area contributed by atoms with Crippen molar-refractivity contribution in [2.24, 2.45) is 0 Å². The molecular weight excluding hydrogens is 276 g/mol. The molecule has 0 aliphatic carbocycles. The van der Waals surface area contributed by atoms with Crippen molar-refractivity contribution in [3.8, 4) is 5.75 Å². The van der Waals surface area contributed by atoms with Crippen LogP contribution < -0.4 is 10.1 Å². The second kappa shape index (κ2) is 6.56. The minimum Gasteiger partial charge on any atom is -0.494 e. The molecule has 0 radical (unpaired) electrons. The first kappa shape index (κ1) is 15.3. The van der Waals surface area contributed by atoms with Crippen LogP contribution in [0.2, 0.25) is 0 Å². The summed E-state index contributed by atoms with van der Waals surface area (Å²) in [5.74, 6) is 0.596. The van der Waals surface area contributed by atoms with Gasteiger partial charge in [-0.3, -0.25) is 0 Å². The number of ether oxygens (including phenoxy) is 1. The summed E-state index contributed by atoms with van der Waals surface area (Å²) < 4.78 is 32.1. The molecule has 0 unspecified atom stereocenters. The molecule has 6 heteroatoms. The van der Waals surface area contributed by atoms with E-state index in [1.165, 1.54) is 0 Å². The highest BCUT2D eigenvalue weighted by molar-refractivity contribution is 7.89. The number of piperidine rings is 1. The Morgan fingerprint density at radius 3 is 2.65 bits per heavy atom. The Bertz CT molecular complexity index is 537. The van der Waals surface area contributed by atoms with Gasteiger partial charge < -0.3 is 10.1 Å². The van der Waals surface area contributed by atoms with E-state index in [4.69, 9.17) is 4.74 Å². The van der Waals surface area contributed by atoms with Crippen LogP contribution in [0.5, 0.6) is 5.75 Å². The van der Waals surface area contributed by atoms with Gasteiger partial charge in [-0.25, -0.2) is 8.42 Å². The van der Waals surface area contributed by atoms with E-state index in [1.54, 1.807) is 28.6 Å². The molecular formula is C14H22N2O3S. The van der Waals surface area contributed by atoms with Gasteiger partial charge in [0.05, 0.1) is 11.5 Å². The van der Waals surface area contributed by atoms with Gasteiger partial charge in [0.15, 0.2) is 0 Å². The third kappa shape index (κ3) is 3.31. The number of hydrogen-bond donors (Lipinski definition) is 1. The lowest BCUT2D eigenvalue weighted by Crippen LogP contribution is -2.43. The van der Waals surface area contributed by atoms with Crippen LogP contribution in [0.3, 0.4) is 0 Å². The van der Waals surface area contributed by atoms with Crippen LogP contribution in [0.4, 0.5) is 0 Å². The molecule has 1 heterocycles. The highest BCUT2D eigenvalue weighted by atomic mass is 32.2. The van der Waals surface area contributed by atoms with Crippen LogP contribution in [0.25, 0.3) is 0 Å². The van der Waals surface area contributed by atoms with Crippen LogP contribution in [-0.2, 0) is 10.0 Å². The number of sulfonamides is 1. The Labute approximate surface area is 121 Å². The van der Waals surface area contributed by atoms with E-state index >= 15 is 0 Å². The monoisotopic (exact) mass is 298 g/mol. The van der Waals surface area contributed by atoms with Gasteiger partial charge in [-0.15, -0.1) is 0 Å². The van der Waals surface area contributed by atoms with Gasteiger partial charge in [0.25, 0.3) is 0 Å². The molecule has 0 saturated carbocycles. The molecule has 20 heavy (non-hydrogen) atoms. The van der Waals surface area contributed by atoms with Crippen molar-refractivity contribution in [1.82, 2.24) is 9.62 Å². The van der Waals surface area contributed by atoms with Crippen molar-refractivity contribution < 1.29 is 13.2 Å². The molecule has 0 aromatic heterocycles. The molecule has 1 aromatic carbocycles. The van der Waals surface area contributed by atoms with Gasteiger partial charge in [0.2, 0.25) is 10.0 Å². The second-order valence-electron chi connectivity index (χ2n) is 4.87. The van der Waals surface area contributed by atoms with Crippen LogP contribution in [0.1, 0.15) is 19.8 Å². The van der Waals surface area contributed by atoms with Crippen LogP contribution in [0, 0.1) is 0 Å². The minimum absolute atomic E-state index is 0.311. The van der Waals surface area contributed by atoms with Crippen molar-refractivity contribution in [3.63, 3.8) is 0 Å². The molecule has 112 valence electrons. The van der Waals surface area contributed by atoms with E-state index in [0.29, 0.717) is 36.4 Å². The van der Waals surface area contributed by atoms with Gasteiger partial charge in [-0.05, 0) is 38.9 Å². The van der Waals surface area contributed by atoms with Gasteiger partial charge in [-0.1, -0.05) is 6.07 Å². The first-order chi connectivity index (χ1) is 9.57. The summed E-state index contributed by atoms with van der Waals surface area (Å²) in [6, 6.07) is 7.13. The molecule has 1 aliphatic rings. The molecule has 0 amide bonds. The molecule has 1 fully saturated rings. The maximum absolute atomic E-state index is 12.6. The second-order valence-corrected chi connectivity index (χ2v) is 6.81. The first-order valence-corrected chi connectivity index (χ1v) is 8.42. The van der Waals surface area contributed by atoms with Gasteiger partial charge >= 0.3 is 0 Å². The summed E-state index contributed by atoms with van der Waals surface area (Å²) in [7, 11) is -1.49. The lowest BCUT2D eigenvalue weighted by molar-refractivity contribution is 0.298. The van der Waals surface area contributed by atoms with Crippen molar-refractivity contribution in [2.75, 3.05) is 26.7 Å². The maximum Gasteiger partial charge on any atom is 0.243 e. The van der Waals surface area contributed by atoms with Crippen molar-refractivity contribution in [3.05, 3.63) is 24.3 Å². The molecule has 1 aliphatic heterocycles. The zero-order valence-electron chi connectivity index (χ0n) is 12.0. The van der Waals surface area contributed by atoms with Crippen molar-refractivity contribution >= 4 is 10.0 Å². The van der Waals surface area contributed by atoms with Gasteiger partial charge in [0.1, 0.15) is 5.75 Å². The van der Waals surface area contributed by atoms with E-state index in [1.807, 2.05) is 14.0 Å². The summed E-state index contributed by atoms with van der Waals surface area (Å²) in [5, 5.41) is 3.20. The SMILES string of the molecule is CCOc1cccc(S(=O)(=O)N2CCC(NC)CC2)c1. The van der Waals surface area contributed by atoms with Crippen LogP contribution >= 0.6 is 0 Å². The fourth-order valence-electron chi connectivity index (χ4n) is 2.43. The number of nitrogens with one attached hydrogen (secondary N) is 1. The third-order valence-electron chi connectivity index (χ3n) is 3.62. The third-order valence-corrected chi connectivity index (χ3v) is 5.51. The summed E-state index contributed by atoms with van der Waals surface area (Å²) >= 11 is 0. The Morgan fingerprint density at radius 2 is 2.05 bits per heavy atom. The van der Waals surface area contributed by atoms with E-state index in [0.717, 1.165) is 12.8 Å². The molecule has 0 bridgehead atoms. The van der Waals surface area contributed by atoms with Crippen LogP contribution in [-0.4, -0.2) is 45.5 Å².